The van der Waals surface area contributed by atoms with Crippen molar-refractivity contribution in [3.63, 3.8) is 0 Å². The number of morpholine rings is 1. The topological polar surface area (TPSA) is 74.9 Å². The van der Waals surface area contributed by atoms with E-state index in [1.807, 2.05) is 19.4 Å². The molecule has 0 amide bonds. The molecule has 2 aliphatic rings. The molecule has 1 unspecified atom stereocenters. The Morgan fingerprint density at radius 1 is 1.59 bits per heavy atom. The Morgan fingerprint density at radius 3 is 3.00 bits per heavy atom. The van der Waals surface area contributed by atoms with E-state index < -0.39 is 5.60 Å². The van der Waals surface area contributed by atoms with Crippen molar-refractivity contribution in [3.8, 4) is 0 Å². The van der Waals surface area contributed by atoms with E-state index in [1.54, 1.807) is 11.7 Å². The predicted octanol–water partition coefficient (Wildman–Crippen LogP) is 0.284. The SMILES string of the molecule is CN=C(NCC1(O)CCC1)N1CCOC(c2cnn(C)c2)C1. The van der Waals surface area contributed by atoms with Crippen molar-refractivity contribution in [1.29, 1.82) is 0 Å². The molecule has 0 spiro atoms. The number of nitrogens with zero attached hydrogens (tertiary/aromatic N) is 4. The summed E-state index contributed by atoms with van der Waals surface area (Å²) in [7, 11) is 3.69. The Labute approximate surface area is 131 Å². The van der Waals surface area contributed by atoms with Crippen molar-refractivity contribution in [2.45, 2.75) is 31.0 Å². The molecule has 1 aromatic heterocycles. The Morgan fingerprint density at radius 2 is 2.41 bits per heavy atom. The van der Waals surface area contributed by atoms with Crippen molar-refractivity contribution < 1.29 is 9.84 Å². The minimum Gasteiger partial charge on any atom is -0.388 e. The van der Waals surface area contributed by atoms with Crippen LogP contribution in [0.4, 0.5) is 0 Å². The molecule has 1 aromatic rings. The molecule has 1 aliphatic carbocycles. The van der Waals surface area contributed by atoms with E-state index in [0.717, 1.165) is 43.9 Å². The summed E-state index contributed by atoms with van der Waals surface area (Å²) in [5, 5.41) is 17.7. The highest BCUT2D eigenvalue weighted by Gasteiger charge is 2.35. The molecule has 0 aromatic carbocycles. The number of nitrogens with one attached hydrogen (secondary N) is 1. The summed E-state index contributed by atoms with van der Waals surface area (Å²) in [5.74, 6) is 0.831. The quantitative estimate of drug-likeness (QED) is 0.620. The van der Waals surface area contributed by atoms with Gasteiger partial charge in [-0.3, -0.25) is 9.67 Å². The molecule has 1 aliphatic heterocycles. The summed E-state index contributed by atoms with van der Waals surface area (Å²) < 4.78 is 7.64. The Hall–Kier alpha value is -1.60. The zero-order valence-electron chi connectivity index (χ0n) is 13.3. The molecule has 2 N–H and O–H groups in total. The molecule has 0 radical (unpaired) electrons. The molecule has 1 saturated carbocycles. The van der Waals surface area contributed by atoms with E-state index in [-0.39, 0.29) is 6.10 Å². The van der Waals surface area contributed by atoms with Crippen LogP contribution in [0.15, 0.2) is 17.4 Å². The van der Waals surface area contributed by atoms with Gasteiger partial charge in [-0.2, -0.15) is 5.10 Å². The van der Waals surface area contributed by atoms with E-state index >= 15 is 0 Å². The molecule has 2 fully saturated rings. The lowest BCUT2D eigenvalue weighted by Crippen LogP contribution is -2.53. The van der Waals surface area contributed by atoms with Crippen LogP contribution in [0, 0.1) is 0 Å². The number of hydrogen-bond acceptors (Lipinski definition) is 4. The van der Waals surface area contributed by atoms with Gasteiger partial charge in [0, 0.05) is 38.9 Å². The third kappa shape index (κ3) is 3.25. The fourth-order valence-corrected chi connectivity index (χ4v) is 2.99. The molecule has 0 bridgehead atoms. The second kappa shape index (κ2) is 6.26. The first-order valence-electron chi connectivity index (χ1n) is 7.88. The van der Waals surface area contributed by atoms with Gasteiger partial charge in [0.15, 0.2) is 5.96 Å². The average molecular weight is 307 g/mol. The highest BCUT2D eigenvalue weighted by Crippen LogP contribution is 2.30. The first kappa shape index (κ1) is 15.3. The smallest absolute Gasteiger partial charge is 0.193 e. The number of aliphatic hydroxyl groups is 1. The lowest BCUT2D eigenvalue weighted by molar-refractivity contribution is -0.0304. The number of aromatic nitrogens is 2. The second-order valence-corrected chi connectivity index (χ2v) is 6.23. The van der Waals surface area contributed by atoms with Crippen LogP contribution < -0.4 is 5.32 Å². The first-order chi connectivity index (χ1) is 10.6. The van der Waals surface area contributed by atoms with E-state index in [9.17, 15) is 5.11 Å². The largest absolute Gasteiger partial charge is 0.388 e. The molecule has 122 valence electrons. The summed E-state index contributed by atoms with van der Waals surface area (Å²) in [4.78, 5) is 6.53. The molecular weight excluding hydrogens is 282 g/mol. The van der Waals surface area contributed by atoms with Crippen LogP contribution >= 0.6 is 0 Å². The van der Waals surface area contributed by atoms with E-state index in [2.05, 4.69) is 20.3 Å². The van der Waals surface area contributed by atoms with Crippen molar-refractivity contribution in [3.05, 3.63) is 18.0 Å². The minimum atomic E-state index is -0.551. The van der Waals surface area contributed by atoms with Crippen molar-refractivity contribution in [2.75, 3.05) is 33.3 Å². The van der Waals surface area contributed by atoms with Crippen LogP contribution in [0.3, 0.4) is 0 Å². The van der Waals surface area contributed by atoms with Gasteiger partial charge in [-0.1, -0.05) is 0 Å². The number of ether oxygens (including phenoxy) is 1. The molecule has 3 rings (SSSR count). The third-order valence-electron chi connectivity index (χ3n) is 4.53. The Kier molecular flexibility index (Phi) is 4.35. The zero-order chi connectivity index (χ0) is 15.6. The van der Waals surface area contributed by atoms with Gasteiger partial charge in [0.1, 0.15) is 6.10 Å². The summed E-state index contributed by atoms with van der Waals surface area (Å²) in [6.45, 7) is 2.76. The summed E-state index contributed by atoms with van der Waals surface area (Å²) in [6.07, 6.45) is 6.70. The molecule has 1 saturated heterocycles. The maximum Gasteiger partial charge on any atom is 0.193 e. The van der Waals surface area contributed by atoms with Crippen LogP contribution in [0.5, 0.6) is 0 Å². The van der Waals surface area contributed by atoms with Crippen molar-refractivity contribution in [1.82, 2.24) is 20.0 Å². The summed E-state index contributed by atoms with van der Waals surface area (Å²) in [5.41, 5.74) is 0.533. The number of rotatable bonds is 3. The maximum atomic E-state index is 10.2. The molecular formula is C15H25N5O2. The number of aryl methyl sites for hydroxylation is 1. The van der Waals surface area contributed by atoms with E-state index in [1.165, 1.54) is 0 Å². The van der Waals surface area contributed by atoms with Gasteiger partial charge in [-0.25, -0.2) is 0 Å². The highest BCUT2D eigenvalue weighted by molar-refractivity contribution is 5.80. The molecule has 2 heterocycles. The minimum absolute atomic E-state index is 0.00721. The predicted molar refractivity (Wildman–Crippen MR) is 83.6 cm³/mol. The average Bonchev–Trinajstić information content (AvgIpc) is 2.93. The molecule has 1 atom stereocenters. The van der Waals surface area contributed by atoms with Crippen LogP contribution in [0.2, 0.25) is 0 Å². The number of guanidine groups is 1. The Balaban J connectivity index is 1.59. The van der Waals surface area contributed by atoms with Gasteiger partial charge in [0.2, 0.25) is 0 Å². The van der Waals surface area contributed by atoms with Gasteiger partial charge < -0.3 is 20.1 Å². The monoisotopic (exact) mass is 307 g/mol. The number of aliphatic imine (C=N–C) groups is 1. The van der Waals surface area contributed by atoms with E-state index in [0.29, 0.717) is 13.2 Å². The van der Waals surface area contributed by atoms with Gasteiger partial charge >= 0.3 is 0 Å². The third-order valence-corrected chi connectivity index (χ3v) is 4.53. The van der Waals surface area contributed by atoms with Crippen molar-refractivity contribution in [2.24, 2.45) is 12.0 Å². The summed E-state index contributed by atoms with van der Waals surface area (Å²) in [6, 6.07) is 0. The van der Waals surface area contributed by atoms with Crippen LogP contribution in [0.1, 0.15) is 30.9 Å². The van der Waals surface area contributed by atoms with Gasteiger partial charge in [-0.15, -0.1) is 0 Å². The van der Waals surface area contributed by atoms with Gasteiger partial charge in [-0.05, 0) is 19.3 Å². The van der Waals surface area contributed by atoms with Crippen LogP contribution in [-0.4, -0.2) is 64.6 Å². The van der Waals surface area contributed by atoms with Gasteiger partial charge in [0.05, 0.1) is 24.9 Å². The van der Waals surface area contributed by atoms with E-state index in [4.69, 9.17) is 4.74 Å². The number of hydrogen-bond donors (Lipinski definition) is 2. The second-order valence-electron chi connectivity index (χ2n) is 6.23. The fourth-order valence-electron chi connectivity index (χ4n) is 2.99. The standard InChI is InChI=1S/C15H25N5O2/c1-16-14(17-11-15(21)4-3-5-15)20-6-7-22-13(10-20)12-8-18-19(2)9-12/h8-9,13,21H,3-7,10-11H2,1-2H3,(H,16,17). The zero-order valence-corrected chi connectivity index (χ0v) is 13.3. The maximum absolute atomic E-state index is 10.2. The lowest BCUT2D eigenvalue weighted by atomic mass is 9.80. The normalized spacial score (nSPS) is 25.0. The summed E-state index contributed by atoms with van der Waals surface area (Å²) >= 11 is 0. The fraction of sp³-hybridized carbons (Fsp3) is 0.733. The lowest BCUT2D eigenvalue weighted by Gasteiger charge is -2.39. The Bertz CT molecular complexity index is 538. The highest BCUT2D eigenvalue weighted by atomic mass is 16.5. The molecule has 7 nitrogen and oxygen atoms in total. The molecule has 7 heteroatoms. The van der Waals surface area contributed by atoms with Crippen LogP contribution in [-0.2, 0) is 11.8 Å². The van der Waals surface area contributed by atoms with Crippen LogP contribution in [0.25, 0.3) is 0 Å². The van der Waals surface area contributed by atoms with Gasteiger partial charge in [0.25, 0.3) is 0 Å². The first-order valence-corrected chi connectivity index (χ1v) is 7.88. The molecule has 22 heavy (non-hydrogen) atoms. The van der Waals surface area contributed by atoms with Crippen molar-refractivity contribution >= 4 is 5.96 Å².